The van der Waals surface area contributed by atoms with E-state index in [-0.39, 0.29) is 16.6 Å². The molecule has 1 heterocycles. The number of thioether (sulfide) groups is 1. The maximum Gasteiger partial charge on any atom is 0.272 e. The Kier molecular flexibility index (Phi) is 4.19. The van der Waals surface area contributed by atoms with Gasteiger partial charge in [-0.1, -0.05) is 11.8 Å². The van der Waals surface area contributed by atoms with E-state index in [0.717, 1.165) is 22.9 Å². The number of nitrogens with zero attached hydrogens (tertiary/aromatic N) is 3. The number of non-ortho nitro benzene ring substituents is 1. The summed E-state index contributed by atoms with van der Waals surface area (Å²) in [5.41, 5.74) is 3.55. The maximum absolute atomic E-state index is 14.5. The van der Waals surface area contributed by atoms with Crippen molar-refractivity contribution in [1.82, 2.24) is 5.06 Å². The van der Waals surface area contributed by atoms with Gasteiger partial charge in [0.15, 0.2) is 16.8 Å². The number of halogens is 2. The van der Waals surface area contributed by atoms with Gasteiger partial charge in [0.2, 0.25) is 0 Å². The van der Waals surface area contributed by atoms with Crippen LogP contribution in [0, 0.1) is 27.7 Å². The van der Waals surface area contributed by atoms with Crippen molar-refractivity contribution in [2.45, 2.75) is 23.6 Å². The third kappa shape index (κ3) is 2.53. The summed E-state index contributed by atoms with van der Waals surface area (Å²) in [5, 5.41) is 12.1. The predicted molar refractivity (Wildman–Crippen MR) is 90.2 cm³/mol. The number of hydroxylamine groups is 2. The number of nitro benzene ring substituents is 1. The van der Waals surface area contributed by atoms with Crippen molar-refractivity contribution in [3.05, 3.63) is 39.4 Å². The molecule has 0 unspecified atom stereocenters. The number of carbonyl (C=O) groups is 1. The summed E-state index contributed by atoms with van der Waals surface area (Å²) >= 11 is 1.04. The van der Waals surface area contributed by atoms with Gasteiger partial charge in [0.1, 0.15) is 4.75 Å². The summed E-state index contributed by atoms with van der Waals surface area (Å²) in [6.45, 7) is 1.49. The van der Waals surface area contributed by atoms with Gasteiger partial charge < -0.3 is 5.73 Å². The van der Waals surface area contributed by atoms with E-state index in [4.69, 9.17) is 10.6 Å². The number of amidine groups is 1. The van der Waals surface area contributed by atoms with Crippen molar-refractivity contribution in [2.75, 3.05) is 14.2 Å². The molecule has 3 rings (SSSR count). The molecule has 140 valence electrons. The molecular formula is C15H16F2N4O4S. The molecule has 2 aliphatic rings. The van der Waals surface area contributed by atoms with Gasteiger partial charge in [-0.15, -0.1) is 0 Å². The van der Waals surface area contributed by atoms with Crippen molar-refractivity contribution >= 4 is 28.5 Å². The highest BCUT2D eigenvalue weighted by Gasteiger charge is 2.71. The molecule has 1 aliphatic carbocycles. The number of hydrogen-bond acceptors (Lipinski definition) is 7. The molecule has 0 saturated heterocycles. The van der Waals surface area contributed by atoms with Crippen LogP contribution in [0.15, 0.2) is 17.1 Å². The molecule has 1 amide bonds. The molecular weight excluding hydrogens is 370 g/mol. The van der Waals surface area contributed by atoms with Crippen molar-refractivity contribution in [3.8, 4) is 0 Å². The lowest BCUT2D eigenvalue weighted by atomic mass is 9.85. The fourth-order valence-electron chi connectivity index (χ4n) is 3.45. The Morgan fingerprint density at radius 1 is 1.54 bits per heavy atom. The molecule has 0 radical (unpaired) electrons. The number of nitrogens with two attached hydrogens (primary N) is 1. The van der Waals surface area contributed by atoms with E-state index in [1.54, 1.807) is 0 Å². The van der Waals surface area contributed by atoms with Gasteiger partial charge in [-0.2, -0.15) is 0 Å². The molecule has 3 atom stereocenters. The minimum atomic E-state index is -1.42. The Balaban J connectivity index is 2.13. The van der Waals surface area contributed by atoms with Crippen molar-refractivity contribution in [1.29, 1.82) is 0 Å². The standard InChI is InChI=1S/C15H16F2N4O4S/c1-14(8-4-7(21(23)24)5-9(16)11(8)17)10-6-15(10,26-13(18)19-14)12(22)20(2)25-3/h4-5,10H,6H2,1-3H3,(H2,18,19)/t10-,14+,15-/m0/s1. The second-order valence-electron chi connectivity index (χ2n) is 6.38. The van der Waals surface area contributed by atoms with Crippen LogP contribution in [0.3, 0.4) is 0 Å². The molecule has 1 saturated carbocycles. The number of hydrogen-bond donors (Lipinski definition) is 1. The first kappa shape index (κ1) is 18.5. The number of fused-ring (bicyclic) bond motifs is 1. The van der Waals surface area contributed by atoms with Gasteiger partial charge in [-0.3, -0.25) is 24.7 Å². The summed E-state index contributed by atoms with van der Waals surface area (Å²) in [6.07, 6.45) is 0.300. The molecule has 8 nitrogen and oxygen atoms in total. The second kappa shape index (κ2) is 5.88. The lowest BCUT2D eigenvalue weighted by Gasteiger charge is -2.34. The minimum Gasteiger partial charge on any atom is -0.378 e. The fraction of sp³-hybridized carbons (Fsp3) is 0.467. The Bertz CT molecular complexity index is 851. The van der Waals surface area contributed by atoms with Gasteiger partial charge in [-0.05, 0) is 13.3 Å². The quantitative estimate of drug-likeness (QED) is 0.625. The molecule has 11 heteroatoms. The first-order valence-corrected chi connectivity index (χ1v) is 8.39. The molecule has 0 aromatic heterocycles. The van der Waals surface area contributed by atoms with Crippen molar-refractivity contribution in [2.24, 2.45) is 16.6 Å². The van der Waals surface area contributed by atoms with Gasteiger partial charge >= 0.3 is 0 Å². The zero-order valence-corrected chi connectivity index (χ0v) is 15.0. The van der Waals surface area contributed by atoms with E-state index >= 15 is 0 Å². The zero-order chi connectivity index (χ0) is 19.4. The van der Waals surface area contributed by atoms with E-state index in [1.165, 1.54) is 21.1 Å². The van der Waals surface area contributed by atoms with Crippen LogP contribution in [0.25, 0.3) is 0 Å². The van der Waals surface area contributed by atoms with Crippen molar-refractivity contribution in [3.63, 3.8) is 0 Å². The lowest BCUT2D eigenvalue weighted by Crippen LogP contribution is -2.44. The second-order valence-corrected chi connectivity index (χ2v) is 7.73. The van der Waals surface area contributed by atoms with E-state index in [2.05, 4.69) is 4.99 Å². The number of aliphatic imine (C=N–C) groups is 1. The summed E-state index contributed by atoms with van der Waals surface area (Å²) in [7, 11) is 2.76. The van der Waals surface area contributed by atoms with E-state index in [9.17, 15) is 23.7 Å². The molecule has 2 N–H and O–H groups in total. The highest BCUT2D eigenvalue weighted by Crippen LogP contribution is 2.66. The van der Waals surface area contributed by atoms with E-state index in [0.29, 0.717) is 12.5 Å². The summed E-state index contributed by atoms with van der Waals surface area (Å²) in [5.74, 6) is -3.50. The molecule has 1 aromatic rings. The molecule has 1 aliphatic heterocycles. The number of amides is 1. The highest BCUT2D eigenvalue weighted by atomic mass is 32.2. The van der Waals surface area contributed by atoms with Gasteiger partial charge in [0.05, 0.1) is 23.6 Å². The van der Waals surface area contributed by atoms with E-state index in [1.807, 2.05) is 0 Å². The van der Waals surface area contributed by atoms with Crippen LogP contribution in [0.2, 0.25) is 0 Å². The minimum absolute atomic E-state index is 0.0189. The number of rotatable bonds is 4. The average Bonchev–Trinajstić information content (AvgIpc) is 3.31. The van der Waals surface area contributed by atoms with Crippen molar-refractivity contribution < 1.29 is 23.3 Å². The summed E-state index contributed by atoms with van der Waals surface area (Å²) in [6, 6.07) is 1.45. The maximum atomic E-state index is 14.5. The number of benzene rings is 1. The zero-order valence-electron chi connectivity index (χ0n) is 14.2. The topological polar surface area (TPSA) is 111 Å². The Hall–Kier alpha value is -2.27. The summed E-state index contributed by atoms with van der Waals surface area (Å²) < 4.78 is 27.4. The van der Waals surface area contributed by atoms with Crippen LogP contribution in [0.5, 0.6) is 0 Å². The first-order valence-electron chi connectivity index (χ1n) is 7.57. The third-order valence-corrected chi connectivity index (χ3v) is 6.20. The van der Waals surface area contributed by atoms with Crippen LogP contribution in [0.4, 0.5) is 14.5 Å². The molecule has 0 spiro atoms. The SMILES string of the molecule is CON(C)C(=O)[C@]12C[C@H]1[C@@](C)(c1cc([N+](=O)[O-])cc(F)c1F)N=C(N)S2. The van der Waals surface area contributed by atoms with E-state index < -0.39 is 38.4 Å². The lowest BCUT2D eigenvalue weighted by molar-refractivity contribution is -0.385. The smallest absolute Gasteiger partial charge is 0.272 e. The van der Waals surface area contributed by atoms with Crippen LogP contribution >= 0.6 is 11.8 Å². The molecule has 26 heavy (non-hydrogen) atoms. The van der Waals surface area contributed by atoms with Gasteiger partial charge in [0.25, 0.3) is 11.6 Å². The van der Waals surface area contributed by atoms with Gasteiger partial charge in [-0.25, -0.2) is 13.8 Å². The monoisotopic (exact) mass is 386 g/mol. The predicted octanol–water partition coefficient (Wildman–Crippen LogP) is 1.93. The fourth-order valence-corrected chi connectivity index (χ4v) is 4.90. The third-order valence-electron chi connectivity index (χ3n) is 4.91. The number of nitro groups is 1. The Morgan fingerprint density at radius 2 is 2.19 bits per heavy atom. The van der Waals surface area contributed by atoms with Crippen LogP contribution in [-0.4, -0.2) is 40.0 Å². The average molecular weight is 386 g/mol. The molecule has 1 fully saturated rings. The normalized spacial score (nSPS) is 29.6. The number of carbonyl (C=O) groups excluding carboxylic acids is 1. The molecule has 0 bridgehead atoms. The highest BCUT2D eigenvalue weighted by molar-refractivity contribution is 8.15. The Morgan fingerprint density at radius 3 is 2.77 bits per heavy atom. The Labute approximate surface area is 151 Å². The van der Waals surface area contributed by atoms with Crippen LogP contribution < -0.4 is 5.73 Å². The van der Waals surface area contributed by atoms with Crippen LogP contribution in [-0.2, 0) is 15.2 Å². The summed E-state index contributed by atoms with van der Waals surface area (Å²) in [4.78, 5) is 32.1. The largest absolute Gasteiger partial charge is 0.378 e. The van der Waals surface area contributed by atoms with Gasteiger partial charge in [0, 0.05) is 24.6 Å². The van der Waals surface area contributed by atoms with Crippen LogP contribution in [0.1, 0.15) is 18.9 Å². The molecule has 1 aromatic carbocycles. The first-order chi connectivity index (χ1) is 12.1.